The minimum atomic E-state index is -3.16. The van der Waals surface area contributed by atoms with Gasteiger partial charge >= 0.3 is 6.61 Å². The Morgan fingerprint density at radius 3 is 2.83 bits per heavy atom. The number of thiophene rings is 1. The Hall–Kier alpha value is -3.01. The molecule has 0 aliphatic carbocycles. The van der Waals surface area contributed by atoms with Crippen molar-refractivity contribution in [2.75, 3.05) is 13.7 Å². The zero-order valence-electron chi connectivity index (χ0n) is 16.3. The number of fused-ring (bicyclic) bond motifs is 1. The van der Waals surface area contributed by atoms with Crippen LogP contribution in [0.15, 0.2) is 29.7 Å². The summed E-state index contributed by atoms with van der Waals surface area (Å²) in [5, 5.41) is 13.4. The number of nitro groups is 1. The van der Waals surface area contributed by atoms with Crippen LogP contribution in [0.5, 0.6) is 11.5 Å². The molecular formula is C20H20F2N2O5S. The van der Waals surface area contributed by atoms with Crippen molar-refractivity contribution in [3.05, 3.63) is 55.8 Å². The zero-order valence-corrected chi connectivity index (χ0v) is 17.2. The molecule has 0 saturated heterocycles. The van der Waals surface area contributed by atoms with Crippen LogP contribution in [0.4, 0.5) is 14.5 Å². The van der Waals surface area contributed by atoms with Gasteiger partial charge in [0.2, 0.25) is 5.91 Å². The molecule has 0 saturated carbocycles. The fraction of sp³-hybridized carbons (Fsp3) is 0.350. The van der Waals surface area contributed by atoms with Crippen molar-refractivity contribution in [2.24, 2.45) is 0 Å². The SMILES string of the molecule is CCC1c2ccsc2CCN1C(=O)/C=C/c1cc(OC)c(OC(F)F)cc1[N+](=O)[O-]. The molecule has 1 aromatic carbocycles. The van der Waals surface area contributed by atoms with Gasteiger partial charge < -0.3 is 14.4 Å². The fourth-order valence-electron chi connectivity index (χ4n) is 3.56. The molecule has 1 aromatic heterocycles. The summed E-state index contributed by atoms with van der Waals surface area (Å²) in [5.74, 6) is -0.824. The second-order valence-electron chi connectivity index (χ2n) is 6.54. The molecule has 10 heteroatoms. The number of carbonyl (C=O) groups is 1. The lowest BCUT2D eigenvalue weighted by molar-refractivity contribution is -0.385. The Morgan fingerprint density at radius 2 is 2.20 bits per heavy atom. The lowest BCUT2D eigenvalue weighted by Crippen LogP contribution is -2.38. The van der Waals surface area contributed by atoms with Crippen molar-refractivity contribution >= 4 is 29.0 Å². The molecule has 0 spiro atoms. The topological polar surface area (TPSA) is 81.9 Å². The van der Waals surface area contributed by atoms with Crippen LogP contribution in [-0.4, -0.2) is 36.0 Å². The molecule has 1 atom stereocenters. The highest BCUT2D eigenvalue weighted by Crippen LogP contribution is 2.37. The first-order chi connectivity index (χ1) is 14.3. The average molecular weight is 438 g/mol. The molecule has 30 heavy (non-hydrogen) atoms. The molecular weight excluding hydrogens is 418 g/mol. The second-order valence-corrected chi connectivity index (χ2v) is 7.54. The summed E-state index contributed by atoms with van der Waals surface area (Å²) >= 11 is 1.67. The number of ether oxygens (including phenoxy) is 2. The zero-order chi connectivity index (χ0) is 21.8. The summed E-state index contributed by atoms with van der Waals surface area (Å²) in [6, 6.07) is 4.03. The summed E-state index contributed by atoms with van der Waals surface area (Å²) in [4.78, 5) is 26.5. The van der Waals surface area contributed by atoms with Crippen LogP contribution >= 0.6 is 11.3 Å². The largest absolute Gasteiger partial charge is 0.493 e. The smallest absolute Gasteiger partial charge is 0.387 e. The first-order valence-electron chi connectivity index (χ1n) is 9.21. The predicted molar refractivity (Wildman–Crippen MR) is 108 cm³/mol. The maximum Gasteiger partial charge on any atom is 0.387 e. The highest BCUT2D eigenvalue weighted by Gasteiger charge is 2.29. The van der Waals surface area contributed by atoms with Crippen LogP contribution in [0.1, 0.15) is 35.4 Å². The number of nitro benzene ring substituents is 1. The minimum absolute atomic E-state index is 0.0492. The van der Waals surface area contributed by atoms with Gasteiger partial charge in [0.05, 0.1) is 29.7 Å². The molecule has 7 nitrogen and oxygen atoms in total. The number of hydrogen-bond donors (Lipinski definition) is 0. The lowest BCUT2D eigenvalue weighted by Gasteiger charge is -2.34. The van der Waals surface area contributed by atoms with Crippen LogP contribution in [0.25, 0.3) is 6.08 Å². The normalized spacial score (nSPS) is 16.0. The van der Waals surface area contributed by atoms with E-state index in [2.05, 4.69) is 4.74 Å². The quantitative estimate of drug-likeness (QED) is 0.352. The van der Waals surface area contributed by atoms with E-state index in [9.17, 15) is 23.7 Å². The van der Waals surface area contributed by atoms with Crippen molar-refractivity contribution < 1.29 is 28.0 Å². The predicted octanol–water partition coefficient (Wildman–Crippen LogP) is 4.82. The third kappa shape index (κ3) is 4.43. The lowest BCUT2D eigenvalue weighted by atomic mass is 9.97. The van der Waals surface area contributed by atoms with Gasteiger partial charge in [-0.2, -0.15) is 8.78 Å². The van der Waals surface area contributed by atoms with Gasteiger partial charge in [-0.25, -0.2) is 0 Å². The molecule has 1 unspecified atom stereocenters. The van der Waals surface area contributed by atoms with Gasteiger partial charge in [-0.1, -0.05) is 6.92 Å². The van der Waals surface area contributed by atoms with E-state index in [-0.39, 0.29) is 23.3 Å². The monoisotopic (exact) mass is 438 g/mol. The van der Waals surface area contributed by atoms with Gasteiger partial charge in [-0.3, -0.25) is 14.9 Å². The van der Waals surface area contributed by atoms with Crippen molar-refractivity contribution in [2.45, 2.75) is 32.4 Å². The highest BCUT2D eigenvalue weighted by atomic mass is 32.1. The number of rotatable bonds is 7. The average Bonchev–Trinajstić information content (AvgIpc) is 3.19. The maximum absolute atomic E-state index is 12.8. The van der Waals surface area contributed by atoms with Gasteiger partial charge in [-0.05, 0) is 42.0 Å². The summed E-state index contributed by atoms with van der Waals surface area (Å²) < 4.78 is 34.4. The Morgan fingerprint density at radius 1 is 1.43 bits per heavy atom. The van der Waals surface area contributed by atoms with Gasteiger partial charge in [0, 0.05) is 17.5 Å². The molecule has 0 bridgehead atoms. The standard InChI is InChI=1S/C20H20F2N2O5S/c1-3-14-13-7-9-30-18(13)6-8-23(14)19(25)5-4-12-10-16(28-2)17(29-20(21)22)11-15(12)24(26)27/h4-5,7,9-11,14,20H,3,6,8H2,1-2H3/b5-4+. The molecule has 1 aliphatic heterocycles. The van der Waals surface area contributed by atoms with E-state index in [1.807, 2.05) is 18.4 Å². The Labute approximate surface area is 175 Å². The van der Waals surface area contributed by atoms with E-state index in [0.29, 0.717) is 6.54 Å². The molecule has 1 amide bonds. The highest BCUT2D eigenvalue weighted by molar-refractivity contribution is 7.10. The Bertz CT molecular complexity index is 976. The van der Waals surface area contributed by atoms with Gasteiger partial charge in [0.25, 0.3) is 5.69 Å². The Balaban J connectivity index is 1.89. The van der Waals surface area contributed by atoms with Gasteiger partial charge in [0.1, 0.15) is 0 Å². The van der Waals surface area contributed by atoms with E-state index < -0.39 is 23.0 Å². The number of methoxy groups -OCH3 is 1. The van der Waals surface area contributed by atoms with Crippen LogP contribution < -0.4 is 9.47 Å². The molecule has 2 heterocycles. The number of carbonyl (C=O) groups excluding carboxylic acids is 1. The van der Waals surface area contributed by atoms with Gasteiger partial charge in [0.15, 0.2) is 11.5 Å². The van der Waals surface area contributed by atoms with E-state index >= 15 is 0 Å². The van der Waals surface area contributed by atoms with Crippen LogP contribution in [0, 0.1) is 10.1 Å². The molecule has 0 N–H and O–H groups in total. The summed E-state index contributed by atoms with van der Waals surface area (Å²) in [7, 11) is 1.23. The van der Waals surface area contributed by atoms with E-state index in [0.717, 1.165) is 24.5 Å². The van der Waals surface area contributed by atoms with Crippen molar-refractivity contribution in [1.82, 2.24) is 4.90 Å². The molecule has 160 valence electrons. The fourth-order valence-corrected chi connectivity index (χ4v) is 4.49. The van der Waals surface area contributed by atoms with Crippen LogP contribution in [0.2, 0.25) is 0 Å². The number of amides is 1. The Kier molecular flexibility index (Phi) is 6.66. The van der Waals surface area contributed by atoms with E-state index in [1.165, 1.54) is 30.2 Å². The number of benzene rings is 1. The molecule has 0 radical (unpaired) electrons. The van der Waals surface area contributed by atoms with E-state index in [4.69, 9.17) is 4.74 Å². The second kappa shape index (κ2) is 9.21. The van der Waals surface area contributed by atoms with Crippen LogP contribution in [-0.2, 0) is 11.2 Å². The summed E-state index contributed by atoms with van der Waals surface area (Å²) in [6.45, 7) is -0.603. The number of hydrogen-bond acceptors (Lipinski definition) is 6. The molecule has 0 fully saturated rings. The van der Waals surface area contributed by atoms with Crippen molar-refractivity contribution in [3.63, 3.8) is 0 Å². The maximum atomic E-state index is 12.8. The van der Waals surface area contributed by atoms with Crippen molar-refractivity contribution in [3.8, 4) is 11.5 Å². The third-order valence-corrected chi connectivity index (χ3v) is 5.89. The van der Waals surface area contributed by atoms with Crippen molar-refractivity contribution in [1.29, 1.82) is 0 Å². The number of nitrogens with zero attached hydrogens (tertiary/aromatic N) is 2. The minimum Gasteiger partial charge on any atom is -0.493 e. The molecule has 2 aromatic rings. The number of halogens is 2. The van der Waals surface area contributed by atoms with E-state index in [1.54, 1.807) is 16.2 Å². The summed E-state index contributed by atoms with van der Waals surface area (Å²) in [6.07, 6.45) is 4.06. The third-order valence-electron chi connectivity index (χ3n) is 4.90. The number of alkyl halides is 2. The first kappa shape index (κ1) is 21.7. The summed E-state index contributed by atoms with van der Waals surface area (Å²) in [5.41, 5.74) is 0.714. The van der Waals surface area contributed by atoms with Gasteiger partial charge in [-0.15, -0.1) is 11.3 Å². The molecule has 3 rings (SSSR count). The van der Waals surface area contributed by atoms with Crippen LogP contribution in [0.3, 0.4) is 0 Å². The molecule has 1 aliphatic rings. The first-order valence-corrected chi connectivity index (χ1v) is 10.1.